The Morgan fingerprint density at radius 1 is 0.652 bits per heavy atom. The fourth-order valence-electron chi connectivity index (χ4n) is 4.40. The van der Waals surface area contributed by atoms with Crippen molar-refractivity contribution in [2.45, 2.75) is 35.0 Å². The molecule has 0 amide bonds. The molecular weight excluding hydrogens is 608 g/mol. The van der Waals surface area contributed by atoms with E-state index in [4.69, 9.17) is 9.47 Å². The Balaban J connectivity index is 0.000000215. The van der Waals surface area contributed by atoms with E-state index in [1.54, 1.807) is 12.1 Å². The third-order valence-corrected chi connectivity index (χ3v) is 8.24. The van der Waals surface area contributed by atoms with Crippen LogP contribution in [0.2, 0.25) is 0 Å². The topological polar surface area (TPSA) is 134 Å². The van der Waals surface area contributed by atoms with Gasteiger partial charge in [-0.05, 0) is 69.6 Å². The first-order valence-corrected chi connectivity index (χ1v) is 15.2. The van der Waals surface area contributed by atoms with Gasteiger partial charge in [0.1, 0.15) is 0 Å². The van der Waals surface area contributed by atoms with Crippen LogP contribution < -0.4 is 4.90 Å². The zero-order valence-corrected chi connectivity index (χ0v) is 26.3. The molecule has 10 nitrogen and oxygen atoms in total. The van der Waals surface area contributed by atoms with Gasteiger partial charge in [-0.15, -0.1) is 0 Å². The highest BCUT2D eigenvalue weighted by Gasteiger charge is 2.41. The minimum atomic E-state index is -2.21. The maximum atomic E-state index is 12.0. The first-order chi connectivity index (χ1) is 22.1. The van der Waals surface area contributed by atoms with Crippen molar-refractivity contribution in [1.82, 2.24) is 4.90 Å². The summed E-state index contributed by atoms with van der Waals surface area (Å²) < 4.78 is 9.52. The lowest BCUT2D eigenvalue weighted by Gasteiger charge is -2.36. The number of anilines is 2. The van der Waals surface area contributed by atoms with Gasteiger partial charge in [0.05, 0.1) is 22.5 Å². The van der Waals surface area contributed by atoms with Crippen LogP contribution >= 0.6 is 11.8 Å². The number of para-hydroxylation sites is 2. The molecule has 1 aliphatic rings. The van der Waals surface area contributed by atoms with E-state index in [0.29, 0.717) is 6.04 Å². The smallest absolute Gasteiger partial charge is 0.349 e. The lowest BCUT2D eigenvalue weighted by atomic mass is 10.1. The van der Waals surface area contributed by atoms with Gasteiger partial charge in [-0.2, -0.15) is 0 Å². The van der Waals surface area contributed by atoms with Crippen LogP contribution in [-0.2, 0) is 19.1 Å². The van der Waals surface area contributed by atoms with E-state index in [-0.39, 0.29) is 11.1 Å². The summed E-state index contributed by atoms with van der Waals surface area (Å²) in [4.78, 5) is 54.3. The number of fused-ring (bicyclic) bond motifs is 2. The van der Waals surface area contributed by atoms with Crippen LogP contribution in [0.15, 0.2) is 119 Å². The summed E-state index contributed by atoms with van der Waals surface area (Å²) in [6.45, 7) is 3.27. The Bertz CT molecular complexity index is 1550. The van der Waals surface area contributed by atoms with Crippen molar-refractivity contribution >= 4 is 47.0 Å². The second-order valence-corrected chi connectivity index (χ2v) is 11.6. The van der Waals surface area contributed by atoms with Gasteiger partial charge in [0.15, 0.2) is 0 Å². The Kier molecular flexibility index (Phi) is 11.5. The van der Waals surface area contributed by atoms with E-state index in [0.717, 1.165) is 6.54 Å². The number of esters is 2. The van der Waals surface area contributed by atoms with Gasteiger partial charge in [-0.1, -0.05) is 72.4 Å². The third kappa shape index (κ3) is 8.52. The molecule has 0 saturated heterocycles. The highest BCUT2D eigenvalue weighted by atomic mass is 32.2. The molecule has 4 aromatic carbocycles. The maximum Gasteiger partial charge on any atom is 0.349 e. The number of carbonyl (C=O) groups is 4. The molecule has 1 aliphatic heterocycles. The standard InChI is InChI=1S/C18H14O8.C17H20N2S/c19-15(20)13(25-17(23)11-7-3-1-4-8-11)14(16(21)22)26-18(24)12-9-5-2-6-10-12;1-13(18(2)3)12-19-14-8-4-6-10-16(14)20-17-11-7-5-9-15(17)19/h1-10,13-14H,(H,19,20)(H,21,22);4-11,13H,12H2,1-3H3/t13-,14-;/m1./s1. The average Bonchev–Trinajstić information content (AvgIpc) is 3.06. The fraction of sp³-hybridized carbons (Fsp3) is 0.200. The van der Waals surface area contributed by atoms with Crippen molar-refractivity contribution in [3.8, 4) is 0 Å². The molecule has 46 heavy (non-hydrogen) atoms. The van der Waals surface area contributed by atoms with E-state index >= 15 is 0 Å². The molecule has 3 atom stereocenters. The van der Waals surface area contributed by atoms with E-state index in [9.17, 15) is 29.4 Å². The molecule has 0 radical (unpaired) electrons. The van der Waals surface area contributed by atoms with Crippen molar-refractivity contribution in [2.24, 2.45) is 0 Å². The normalized spacial score (nSPS) is 13.5. The Morgan fingerprint density at radius 2 is 1.02 bits per heavy atom. The molecule has 0 saturated carbocycles. The quantitative estimate of drug-likeness (QED) is 0.202. The molecule has 4 aromatic rings. The summed E-state index contributed by atoms with van der Waals surface area (Å²) in [5, 5.41) is 18.5. The monoisotopic (exact) mass is 642 g/mol. The molecule has 5 rings (SSSR count). The maximum absolute atomic E-state index is 12.0. The largest absolute Gasteiger partial charge is 0.478 e. The zero-order chi connectivity index (χ0) is 33.2. The zero-order valence-electron chi connectivity index (χ0n) is 25.5. The van der Waals surface area contributed by atoms with Crippen molar-refractivity contribution in [3.63, 3.8) is 0 Å². The predicted octanol–water partition coefficient (Wildman–Crippen LogP) is 5.85. The molecule has 0 spiro atoms. The van der Waals surface area contributed by atoms with Crippen LogP contribution in [0.1, 0.15) is 27.6 Å². The van der Waals surface area contributed by atoms with Gasteiger partial charge in [0.2, 0.25) is 12.2 Å². The fourth-order valence-corrected chi connectivity index (χ4v) is 5.50. The summed E-state index contributed by atoms with van der Waals surface area (Å²) in [7, 11) is 4.28. The number of benzene rings is 4. The van der Waals surface area contributed by atoms with E-state index < -0.39 is 36.1 Å². The van der Waals surface area contributed by atoms with Crippen LogP contribution in [0.25, 0.3) is 0 Å². The number of likely N-dealkylation sites (N-methyl/N-ethyl adjacent to an activating group) is 1. The second kappa shape index (κ2) is 15.7. The third-order valence-electron chi connectivity index (χ3n) is 7.11. The van der Waals surface area contributed by atoms with Gasteiger partial charge >= 0.3 is 23.9 Å². The van der Waals surface area contributed by atoms with Gasteiger partial charge in [-0.3, -0.25) is 0 Å². The first-order valence-electron chi connectivity index (χ1n) is 14.3. The van der Waals surface area contributed by atoms with Crippen molar-refractivity contribution < 1.29 is 38.9 Å². The summed E-state index contributed by atoms with van der Waals surface area (Å²) in [5.74, 6) is -5.63. The molecule has 2 N–H and O–H groups in total. The highest BCUT2D eigenvalue weighted by molar-refractivity contribution is 7.99. The summed E-state index contributed by atoms with van der Waals surface area (Å²) in [5.41, 5.74) is 2.70. The average molecular weight is 643 g/mol. The van der Waals surface area contributed by atoms with E-state index in [1.807, 2.05) is 11.8 Å². The number of ether oxygens (including phenoxy) is 2. The number of carbonyl (C=O) groups excluding carboxylic acids is 2. The van der Waals surface area contributed by atoms with Crippen molar-refractivity contribution in [1.29, 1.82) is 0 Å². The Hall–Kier alpha value is -5.13. The number of carboxylic acid groups (broad SMARTS) is 2. The lowest BCUT2D eigenvalue weighted by molar-refractivity contribution is -0.166. The molecule has 0 aliphatic carbocycles. The molecule has 0 aromatic heterocycles. The summed E-state index contributed by atoms with van der Waals surface area (Å²) in [6.07, 6.45) is -4.43. The SMILES string of the molecule is CC(CN1c2ccccc2Sc2ccccc21)N(C)C.O=C(O[C@@H](C(=O)O)[C@@H](OC(=O)c1ccccc1)C(=O)O)c1ccccc1. The lowest BCUT2D eigenvalue weighted by Crippen LogP contribution is -2.45. The number of nitrogens with zero attached hydrogens (tertiary/aromatic N) is 2. The molecule has 11 heteroatoms. The van der Waals surface area contributed by atoms with Crippen molar-refractivity contribution in [3.05, 3.63) is 120 Å². The van der Waals surface area contributed by atoms with Gasteiger partial charge < -0.3 is 29.5 Å². The molecule has 1 heterocycles. The molecule has 1 unspecified atom stereocenters. The highest BCUT2D eigenvalue weighted by Crippen LogP contribution is 2.47. The van der Waals surface area contributed by atoms with Gasteiger partial charge in [-0.25, -0.2) is 19.2 Å². The number of hydrogen-bond donors (Lipinski definition) is 2. The summed E-state index contributed by atoms with van der Waals surface area (Å²) in [6, 6.07) is 32.7. The molecule has 0 fully saturated rings. The number of carboxylic acids is 2. The number of hydrogen-bond acceptors (Lipinski definition) is 9. The van der Waals surface area contributed by atoms with Gasteiger partial charge in [0, 0.05) is 22.4 Å². The molecule has 0 bridgehead atoms. The van der Waals surface area contributed by atoms with Crippen LogP contribution in [-0.4, -0.2) is 77.9 Å². The first kappa shape index (κ1) is 33.8. The number of aliphatic carboxylic acids is 2. The van der Waals surface area contributed by atoms with Crippen LogP contribution in [0, 0.1) is 0 Å². The van der Waals surface area contributed by atoms with Crippen LogP contribution in [0.4, 0.5) is 11.4 Å². The minimum absolute atomic E-state index is 0.0253. The number of rotatable bonds is 10. The predicted molar refractivity (Wildman–Crippen MR) is 174 cm³/mol. The molecular formula is C35H34N2O8S. The van der Waals surface area contributed by atoms with E-state index in [1.165, 1.54) is 69.7 Å². The summed E-state index contributed by atoms with van der Waals surface area (Å²) >= 11 is 1.87. The minimum Gasteiger partial charge on any atom is -0.478 e. The van der Waals surface area contributed by atoms with Crippen LogP contribution in [0.3, 0.4) is 0 Å². The van der Waals surface area contributed by atoms with Crippen molar-refractivity contribution in [2.75, 3.05) is 25.5 Å². The Labute approximate surface area is 271 Å². The Morgan fingerprint density at radius 3 is 1.39 bits per heavy atom. The molecule has 238 valence electrons. The van der Waals surface area contributed by atoms with Gasteiger partial charge in [0.25, 0.3) is 0 Å². The van der Waals surface area contributed by atoms with Crippen LogP contribution in [0.5, 0.6) is 0 Å². The second-order valence-electron chi connectivity index (χ2n) is 10.5. The van der Waals surface area contributed by atoms with E-state index in [2.05, 4.69) is 79.3 Å².